The van der Waals surface area contributed by atoms with Crippen molar-refractivity contribution < 1.29 is 17.9 Å². The van der Waals surface area contributed by atoms with Gasteiger partial charge in [0.15, 0.2) is 9.84 Å². The smallest absolute Gasteiger partial charge is 0.312 e. The molecule has 7 nitrogen and oxygen atoms in total. The van der Waals surface area contributed by atoms with Gasteiger partial charge >= 0.3 is 5.97 Å². The van der Waals surface area contributed by atoms with Crippen LogP contribution in [0.5, 0.6) is 0 Å². The summed E-state index contributed by atoms with van der Waals surface area (Å²) in [6.45, 7) is 1.76. The Bertz CT molecular complexity index is 1110. The summed E-state index contributed by atoms with van der Waals surface area (Å²) in [5.74, 6) is 1.52. The molecule has 3 atom stereocenters. The van der Waals surface area contributed by atoms with Gasteiger partial charge in [0.25, 0.3) is 0 Å². The van der Waals surface area contributed by atoms with Gasteiger partial charge in [-0.1, -0.05) is 23.7 Å². The van der Waals surface area contributed by atoms with Gasteiger partial charge in [-0.15, -0.1) is 0 Å². The van der Waals surface area contributed by atoms with Crippen molar-refractivity contribution in [1.82, 2.24) is 9.97 Å². The number of hydrogen-bond donors (Lipinski definition) is 0. The fourth-order valence-electron chi connectivity index (χ4n) is 5.40. The second-order valence-electron chi connectivity index (χ2n) is 9.27. The van der Waals surface area contributed by atoms with Crippen molar-refractivity contribution in [1.29, 1.82) is 0 Å². The van der Waals surface area contributed by atoms with Crippen LogP contribution in [0.3, 0.4) is 0 Å². The molecule has 1 saturated carbocycles. The molecular weight excluding hydrogens is 450 g/mol. The molecule has 0 amide bonds. The summed E-state index contributed by atoms with van der Waals surface area (Å²) in [7, 11) is -3.24. The molecule has 1 aromatic carbocycles. The van der Waals surface area contributed by atoms with Gasteiger partial charge in [-0.25, -0.2) is 18.4 Å². The van der Waals surface area contributed by atoms with E-state index in [2.05, 4.69) is 14.9 Å². The van der Waals surface area contributed by atoms with Crippen LogP contribution >= 0.6 is 11.6 Å². The van der Waals surface area contributed by atoms with Gasteiger partial charge in [0, 0.05) is 19.3 Å². The molecule has 3 fully saturated rings. The molecule has 3 unspecified atom stereocenters. The molecule has 1 aliphatic carbocycles. The average molecular weight is 476 g/mol. The van der Waals surface area contributed by atoms with E-state index in [1.54, 1.807) is 36.7 Å². The number of rotatable bonds is 4. The molecule has 0 N–H and O–H groups in total. The monoisotopic (exact) mass is 475 g/mol. The van der Waals surface area contributed by atoms with Crippen molar-refractivity contribution in [3.05, 3.63) is 47.2 Å². The predicted octanol–water partition coefficient (Wildman–Crippen LogP) is 3.83. The molecule has 2 saturated heterocycles. The van der Waals surface area contributed by atoms with Crippen LogP contribution in [0.4, 0.5) is 5.95 Å². The lowest BCUT2D eigenvalue weighted by atomic mass is 9.83. The zero-order valence-electron chi connectivity index (χ0n) is 17.9. The van der Waals surface area contributed by atoms with Crippen LogP contribution in [0.15, 0.2) is 41.6 Å². The number of benzene rings is 1. The van der Waals surface area contributed by atoms with Crippen molar-refractivity contribution in [3.63, 3.8) is 0 Å². The minimum Gasteiger partial charge on any atom is -0.457 e. The number of halogens is 1. The van der Waals surface area contributed by atoms with Crippen LogP contribution < -0.4 is 4.90 Å². The van der Waals surface area contributed by atoms with Crippen LogP contribution in [0.2, 0.25) is 5.02 Å². The summed E-state index contributed by atoms with van der Waals surface area (Å²) < 4.78 is 29.2. The highest BCUT2D eigenvalue weighted by Crippen LogP contribution is 2.64. The van der Waals surface area contributed by atoms with Crippen LogP contribution in [-0.4, -0.2) is 43.7 Å². The maximum atomic E-state index is 13.0. The first-order valence-corrected chi connectivity index (χ1v) is 13.3. The van der Waals surface area contributed by atoms with E-state index >= 15 is 0 Å². The lowest BCUT2D eigenvalue weighted by Crippen LogP contribution is -2.37. The quantitative estimate of drug-likeness (QED) is 0.620. The van der Waals surface area contributed by atoms with Gasteiger partial charge in [-0.3, -0.25) is 4.79 Å². The highest BCUT2D eigenvalue weighted by atomic mass is 35.5. The molecule has 32 heavy (non-hydrogen) atoms. The predicted molar refractivity (Wildman–Crippen MR) is 120 cm³/mol. The van der Waals surface area contributed by atoms with Crippen molar-refractivity contribution in [2.75, 3.05) is 24.2 Å². The molecule has 170 valence electrons. The molecule has 2 aromatic rings. The Morgan fingerprint density at radius 1 is 1.09 bits per heavy atom. The Hall–Kier alpha value is -2.19. The summed E-state index contributed by atoms with van der Waals surface area (Å²) in [6, 6.07) is 6.68. The summed E-state index contributed by atoms with van der Waals surface area (Å²) in [5.41, 5.74) is 0.529. The van der Waals surface area contributed by atoms with Crippen LogP contribution in [0, 0.1) is 17.3 Å². The van der Waals surface area contributed by atoms with Crippen molar-refractivity contribution in [2.45, 2.75) is 43.1 Å². The van der Waals surface area contributed by atoms with Gasteiger partial charge in [0.2, 0.25) is 5.95 Å². The first-order chi connectivity index (χ1) is 15.3. The number of nitrogens with zero attached hydrogens (tertiary/aromatic N) is 3. The lowest BCUT2D eigenvalue weighted by Gasteiger charge is -2.34. The Morgan fingerprint density at radius 2 is 1.75 bits per heavy atom. The number of hydrogen-bond acceptors (Lipinski definition) is 7. The number of ether oxygens (including phenoxy) is 1. The van der Waals surface area contributed by atoms with Gasteiger partial charge in [-0.2, -0.15) is 0 Å². The number of carbonyl (C=O) groups is 1. The molecule has 5 rings (SSSR count). The highest BCUT2D eigenvalue weighted by Gasteiger charge is 2.64. The van der Waals surface area contributed by atoms with E-state index in [1.165, 1.54) is 6.26 Å². The fraction of sp³-hybridized carbons (Fsp3) is 0.522. The molecule has 3 heterocycles. The van der Waals surface area contributed by atoms with E-state index < -0.39 is 9.84 Å². The summed E-state index contributed by atoms with van der Waals surface area (Å²) in [5, 5.41) is 0.531. The zero-order chi connectivity index (χ0) is 22.5. The maximum Gasteiger partial charge on any atom is 0.312 e. The normalized spacial score (nSPS) is 28.6. The Labute approximate surface area is 193 Å². The average Bonchev–Trinajstić information content (AvgIpc) is 3.51. The molecular formula is C23H26ClN3O4S. The van der Waals surface area contributed by atoms with Crippen LogP contribution in [0.1, 0.15) is 43.8 Å². The number of aromatic nitrogens is 2. The van der Waals surface area contributed by atoms with Crippen molar-refractivity contribution in [3.8, 4) is 0 Å². The molecule has 1 aromatic heterocycles. The number of piperidine rings is 1. The molecule has 0 radical (unpaired) electrons. The summed E-state index contributed by atoms with van der Waals surface area (Å²) in [4.78, 5) is 24.1. The third-order valence-corrected chi connectivity index (χ3v) is 8.64. The zero-order valence-corrected chi connectivity index (χ0v) is 19.5. The highest BCUT2D eigenvalue weighted by molar-refractivity contribution is 7.90. The number of esters is 1. The standard InChI is InChI=1S/C23H26ClN3O4S/c1-32(29,30)18-4-2-16(3-5-18)20-6-9-23(21(28)31-20)12-19(23)15-7-10-27(11-8-15)22-25-13-17(24)14-26-22/h2-5,13-15,19-20H,6-12H2,1H3. The SMILES string of the molecule is CS(=O)(=O)c1ccc(C2CCC3(CC3C3CCN(c4ncc(Cl)cn4)CC3)C(=O)O2)cc1. The third-order valence-electron chi connectivity index (χ3n) is 7.32. The first kappa shape index (κ1) is 21.6. The second kappa shape index (κ2) is 7.99. The topological polar surface area (TPSA) is 89.5 Å². The number of carbonyl (C=O) groups excluding carboxylic acids is 1. The van der Waals surface area contributed by atoms with Crippen molar-refractivity contribution in [2.24, 2.45) is 17.3 Å². The molecule has 9 heteroatoms. The number of sulfone groups is 1. The Morgan fingerprint density at radius 3 is 2.34 bits per heavy atom. The molecule has 0 bridgehead atoms. The van der Waals surface area contributed by atoms with E-state index in [0.717, 1.165) is 50.8 Å². The minimum atomic E-state index is -3.24. The van der Waals surface area contributed by atoms with Gasteiger partial charge < -0.3 is 9.64 Å². The summed E-state index contributed by atoms with van der Waals surface area (Å²) in [6.07, 6.45) is 8.67. The minimum absolute atomic E-state index is 0.0885. The van der Waals surface area contributed by atoms with E-state index in [9.17, 15) is 13.2 Å². The number of cyclic esters (lactones) is 1. The fourth-order valence-corrected chi connectivity index (χ4v) is 6.13. The second-order valence-corrected chi connectivity index (χ2v) is 11.7. The molecule has 2 aliphatic heterocycles. The number of anilines is 1. The molecule has 1 spiro atoms. The molecule has 3 aliphatic rings. The third kappa shape index (κ3) is 3.99. The largest absolute Gasteiger partial charge is 0.457 e. The van der Waals surface area contributed by atoms with Gasteiger partial charge in [0.1, 0.15) is 6.10 Å². The Kier molecular flexibility index (Phi) is 5.40. The summed E-state index contributed by atoms with van der Waals surface area (Å²) >= 11 is 5.88. The van der Waals surface area contributed by atoms with Crippen LogP contribution in [-0.2, 0) is 19.4 Å². The van der Waals surface area contributed by atoms with Crippen molar-refractivity contribution >= 4 is 33.4 Å². The van der Waals surface area contributed by atoms with E-state index in [4.69, 9.17) is 16.3 Å². The maximum absolute atomic E-state index is 13.0. The Balaban J connectivity index is 1.18. The van der Waals surface area contributed by atoms with E-state index in [1.807, 2.05) is 0 Å². The van der Waals surface area contributed by atoms with Crippen LogP contribution in [0.25, 0.3) is 0 Å². The van der Waals surface area contributed by atoms with Gasteiger partial charge in [-0.05, 0) is 61.6 Å². The lowest BCUT2D eigenvalue weighted by molar-refractivity contribution is -0.164. The van der Waals surface area contributed by atoms with Gasteiger partial charge in [0.05, 0.1) is 27.7 Å². The first-order valence-electron chi connectivity index (χ1n) is 11.0. The van der Waals surface area contributed by atoms with E-state index in [-0.39, 0.29) is 22.4 Å². The van der Waals surface area contributed by atoms with E-state index in [0.29, 0.717) is 22.8 Å².